The van der Waals surface area contributed by atoms with Gasteiger partial charge < -0.3 is 47.4 Å². The second kappa shape index (κ2) is 23.1. The first-order valence-electron chi connectivity index (χ1n) is 15.8. The molecule has 2 aromatic rings. The number of benzene rings is 2. The Kier molecular flexibility index (Phi) is 18.7. The van der Waals surface area contributed by atoms with E-state index >= 15 is 0 Å². The standard InChI is InChI=1S/C34H48O12/c1-37-15-17-39-19-21-41-23-25-43-29-7-11-31(12-8-29)45-33(35)27-3-5-28(6-4-27)34(36)46-32-13-9-30(10-14-32)44-26-24-42-22-20-40-18-16-38-2/h7-14,27-28H,3-6,15-26H2,1-2H3/t27-,28-. The number of methoxy groups -OCH3 is 2. The summed E-state index contributed by atoms with van der Waals surface area (Å²) in [6.45, 7) is 5.86. The zero-order chi connectivity index (χ0) is 32.7. The van der Waals surface area contributed by atoms with E-state index in [0.29, 0.717) is 128 Å². The van der Waals surface area contributed by atoms with Gasteiger partial charge in [-0.15, -0.1) is 0 Å². The van der Waals surface area contributed by atoms with Gasteiger partial charge in [0.1, 0.15) is 36.2 Å². The topological polar surface area (TPSA) is 126 Å². The first-order chi connectivity index (χ1) is 22.6. The average Bonchev–Trinajstić information content (AvgIpc) is 3.08. The number of hydrogen-bond donors (Lipinski definition) is 0. The maximum atomic E-state index is 12.7. The number of carbonyl (C=O) groups is 2. The Labute approximate surface area is 271 Å². The highest BCUT2D eigenvalue weighted by Gasteiger charge is 2.32. The molecule has 256 valence electrons. The molecule has 0 bridgehead atoms. The molecule has 1 saturated carbocycles. The van der Waals surface area contributed by atoms with Crippen LogP contribution in [0.2, 0.25) is 0 Å². The van der Waals surface area contributed by atoms with Gasteiger partial charge in [0.15, 0.2) is 0 Å². The minimum atomic E-state index is -0.294. The molecular weight excluding hydrogens is 600 g/mol. The van der Waals surface area contributed by atoms with Crippen molar-refractivity contribution in [3.63, 3.8) is 0 Å². The fourth-order valence-corrected chi connectivity index (χ4v) is 4.54. The molecule has 12 nitrogen and oxygen atoms in total. The smallest absolute Gasteiger partial charge is 0.314 e. The number of esters is 2. The third-order valence-electron chi connectivity index (χ3n) is 7.08. The van der Waals surface area contributed by atoms with Crippen LogP contribution in [-0.2, 0) is 38.0 Å². The van der Waals surface area contributed by atoms with Crippen LogP contribution in [0.4, 0.5) is 0 Å². The van der Waals surface area contributed by atoms with Crippen LogP contribution in [0.1, 0.15) is 25.7 Å². The lowest BCUT2D eigenvalue weighted by Gasteiger charge is -2.25. The first kappa shape index (κ1) is 37.2. The van der Waals surface area contributed by atoms with Crippen molar-refractivity contribution in [2.24, 2.45) is 11.8 Å². The largest absolute Gasteiger partial charge is 0.491 e. The molecule has 46 heavy (non-hydrogen) atoms. The second-order valence-electron chi connectivity index (χ2n) is 10.5. The molecule has 0 unspecified atom stereocenters. The first-order valence-corrected chi connectivity index (χ1v) is 15.8. The van der Waals surface area contributed by atoms with Crippen molar-refractivity contribution in [2.45, 2.75) is 25.7 Å². The zero-order valence-electron chi connectivity index (χ0n) is 27.0. The SMILES string of the molecule is COCCOCCOCCOc1ccc(OC(=O)[C@H]2CC[C@H](C(=O)Oc3ccc(OCCOCCOCCOC)cc3)CC2)cc1. The molecule has 0 N–H and O–H groups in total. The van der Waals surface area contributed by atoms with Crippen LogP contribution in [0, 0.1) is 11.8 Å². The van der Waals surface area contributed by atoms with Gasteiger partial charge in [-0.25, -0.2) is 0 Å². The predicted octanol–water partition coefficient (Wildman–Crippen LogP) is 4.12. The summed E-state index contributed by atoms with van der Waals surface area (Å²) in [5.41, 5.74) is 0. The molecule has 1 fully saturated rings. The van der Waals surface area contributed by atoms with Gasteiger partial charge in [-0.1, -0.05) is 0 Å². The Morgan fingerprint density at radius 1 is 0.457 bits per heavy atom. The van der Waals surface area contributed by atoms with E-state index in [1.807, 2.05) is 0 Å². The van der Waals surface area contributed by atoms with Crippen molar-refractivity contribution < 1.29 is 57.0 Å². The van der Waals surface area contributed by atoms with Crippen molar-refractivity contribution in [2.75, 3.05) is 93.5 Å². The Balaban J connectivity index is 1.25. The summed E-state index contributed by atoms with van der Waals surface area (Å²) >= 11 is 0. The molecule has 0 saturated heterocycles. The lowest BCUT2D eigenvalue weighted by molar-refractivity contribution is -0.145. The molecule has 2 aromatic carbocycles. The van der Waals surface area contributed by atoms with Gasteiger partial charge in [-0.2, -0.15) is 0 Å². The second-order valence-corrected chi connectivity index (χ2v) is 10.5. The van der Waals surface area contributed by atoms with Gasteiger partial charge in [0, 0.05) is 14.2 Å². The predicted molar refractivity (Wildman–Crippen MR) is 168 cm³/mol. The Hall–Kier alpha value is -3.26. The number of hydrogen-bond acceptors (Lipinski definition) is 12. The summed E-state index contributed by atoms with van der Waals surface area (Å²) in [6, 6.07) is 13.8. The molecule has 0 spiro atoms. The van der Waals surface area contributed by atoms with Crippen LogP contribution in [0.5, 0.6) is 23.0 Å². The molecule has 0 atom stereocenters. The normalized spacial score (nSPS) is 16.1. The highest BCUT2D eigenvalue weighted by Crippen LogP contribution is 2.32. The van der Waals surface area contributed by atoms with E-state index in [0.717, 1.165) is 0 Å². The minimum absolute atomic E-state index is 0.265. The molecule has 0 aromatic heterocycles. The quantitative estimate of drug-likeness (QED) is 0.0923. The molecule has 3 rings (SSSR count). The van der Waals surface area contributed by atoms with E-state index in [2.05, 4.69) is 0 Å². The number of ether oxygens (including phenoxy) is 10. The van der Waals surface area contributed by atoms with Crippen molar-refractivity contribution in [1.29, 1.82) is 0 Å². The van der Waals surface area contributed by atoms with Crippen LogP contribution >= 0.6 is 0 Å². The molecular formula is C34H48O12. The maximum absolute atomic E-state index is 12.7. The van der Waals surface area contributed by atoms with E-state index in [-0.39, 0.29) is 23.8 Å². The number of carbonyl (C=O) groups excluding carboxylic acids is 2. The molecule has 1 aliphatic rings. The van der Waals surface area contributed by atoms with Crippen molar-refractivity contribution in [3.8, 4) is 23.0 Å². The van der Waals surface area contributed by atoms with E-state index in [4.69, 9.17) is 47.4 Å². The Morgan fingerprint density at radius 2 is 0.739 bits per heavy atom. The summed E-state index contributed by atoms with van der Waals surface area (Å²) in [4.78, 5) is 25.5. The molecule has 12 heteroatoms. The van der Waals surface area contributed by atoms with E-state index < -0.39 is 0 Å². The van der Waals surface area contributed by atoms with Crippen LogP contribution in [0.25, 0.3) is 0 Å². The molecule has 1 aliphatic carbocycles. The van der Waals surface area contributed by atoms with Gasteiger partial charge in [-0.3, -0.25) is 9.59 Å². The summed E-state index contributed by atoms with van der Waals surface area (Å²) in [5.74, 6) is 1.09. The van der Waals surface area contributed by atoms with Gasteiger partial charge in [0.25, 0.3) is 0 Å². The fourth-order valence-electron chi connectivity index (χ4n) is 4.54. The zero-order valence-corrected chi connectivity index (χ0v) is 27.0. The van der Waals surface area contributed by atoms with Gasteiger partial charge in [-0.05, 0) is 74.2 Å². The van der Waals surface area contributed by atoms with Crippen molar-refractivity contribution in [3.05, 3.63) is 48.5 Å². The third-order valence-corrected chi connectivity index (χ3v) is 7.08. The van der Waals surface area contributed by atoms with Crippen molar-refractivity contribution >= 4 is 11.9 Å². The maximum Gasteiger partial charge on any atom is 0.314 e. The van der Waals surface area contributed by atoms with E-state index in [9.17, 15) is 9.59 Å². The summed E-state index contributed by atoms with van der Waals surface area (Å²) < 4.78 is 53.9. The summed E-state index contributed by atoms with van der Waals surface area (Å²) in [5, 5.41) is 0. The molecule has 0 heterocycles. The van der Waals surface area contributed by atoms with E-state index in [1.54, 1.807) is 62.8 Å². The van der Waals surface area contributed by atoms with E-state index in [1.165, 1.54) is 0 Å². The highest BCUT2D eigenvalue weighted by atomic mass is 16.6. The van der Waals surface area contributed by atoms with Crippen LogP contribution < -0.4 is 18.9 Å². The summed E-state index contributed by atoms with van der Waals surface area (Å²) in [6.07, 6.45) is 2.24. The lowest BCUT2D eigenvalue weighted by atomic mass is 9.82. The monoisotopic (exact) mass is 648 g/mol. The number of rotatable bonds is 24. The van der Waals surface area contributed by atoms with Gasteiger partial charge >= 0.3 is 11.9 Å². The van der Waals surface area contributed by atoms with Gasteiger partial charge in [0.05, 0.1) is 77.9 Å². The molecule has 0 aliphatic heterocycles. The van der Waals surface area contributed by atoms with Crippen molar-refractivity contribution in [1.82, 2.24) is 0 Å². The lowest BCUT2D eigenvalue weighted by Crippen LogP contribution is -2.30. The van der Waals surface area contributed by atoms with Crippen LogP contribution in [0.15, 0.2) is 48.5 Å². The minimum Gasteiger partial charge on any atom is -0.491 e. The molecule has 0 amide bonds. The molecule has 0 radical (unpaired) electrons. The van der Waals surface area contributed by atoms with Crippen LogP contribution in [0.3, 0.4) is 0 Å². The fraction of sp³-hybridized carbons (Fsp3) is 0.588. The Bertz CT molecular complexity index is 997. The van der Waals surface area contributed by atoms with Gasteiger partial charge in [0.2, 0.25) is 0 Å². The summed E-state index contributed by atoms with van der Waals surface area (Å²) in [7, 11) is 3.26. The highest BCUT2D eigenvalue weighted by molar-refractivity contribution is 5.77. The third kappa shape index (κ3) is 15.4. The Morgan fingerprint density at radius 3 is 1.07 bits per heavy atom. The van der Waals surface area contributed by atoms with Crippen LogP contribution in [-0.4, -0.2) is 105 Å². The average molecular weight is 649 g/mol.